The summed E-state index contributed by atoms with van der Waals surface area (Å²) in [7, 11) is 0. The second kappa shape index (κ2) is 6.29. The van der Waals surface area contributed by atoms with Crippen molar-refractivity contribution >= 4 is 12.0 Å². The third-order valence-corrected chi connectivity index (χ3v) is 2.09. The van der Waals surface area contributed by atoms with Crippen LogP contribution in [0.25, 0.3) is 0 Å². The van der Waals surface area contributed by atoms with E-state index in [0.717, 1.165) is 0 Å². The Kier molecular flexibility index (Phi) is 5.00. The van der Waals surface area contributed by atoms with Gasteiger partial charge in [0.15, 0.2) is 0 Å². The van der Waals surface area contributed by atoms with Gasteiger partial charge in [-0.15, -0.1) is 0 Å². The SMILES string of the molecule is CC(NC(=O)NCC1COCCO1)C(=O)O. The summed E-state index contributed by atoms with van der Waals surface area (Å²) in [6.45, 7) is 3.22. The van der Waals surface area contributed by atoms with E-state index in [2.05, 4.69) is 10.6 Å². The highest BCUT2D eigenvalue weighted by Crippen LogP contribution is 1.98. The lowest BCUT2D eigenvalue weighted by Crippen LogP contribution is -2.48. The first-order chi connectivity index (χ1) is 7.59. The Labute approximate surface area is 93.1 Å². The molecule has 7 nitrogen and oxygen atoms in total. The summed E-state index contributed by atoms with van der Waals surface area (Å²) >= 11 is 0. The fourth-order valence-electron chi connectivity index (χ4n) is 1.17. The molecule has 1 rings (SSSR count). The van der Waals surface area contributed by atoms with Crippen molar-refractivity contribution in [2.75, 3.05) is 26.4 Å². The van der Waals surface area contributed by atoms with E-state index < -0.39 is 18.0 Å². The maximum Gasteiger partial charge on any atom is 0.325 e. The van der Waals surface area contributed by atoms with Crippen molar-refractivity contribution in [2.24, 2.45) is 0 Å². The first-order valence-electron chi connectivity index (χ1n) is 5.06. The van der Waals surface area contributed by atoms with Crippen LogP contribution >= 0.6 is 0 Å². The smallest absolute Gasteiger partial charge is 0.325 e. The van der Waals surface area contributed by atoms with Gasteiger partial charge in [-0.05, 0) is 6.92 Å². The van der Waals surface area contributed by atoms with E-state index in [1.807, 2.05) is 0 Å². The van der Waals surface area contributed by atoms with Gasteiger partial charge < -0.3 is 25.2 Å². The van der Waals surface area contributed by atoms with Gasteiger partial charge in [-0.3, -0.25) is 4.79 Å². The van der Waals surface area contributed by atoms with Gasteiger partial charge >= 0.3 is 12.0 Å². The number of carbonyl (C=O) groups excluding carboxylic acids is 1. The Hall–Kier alpha value is -1.34. The van der Waals surface area contributed by atoms with Crippen molar-refractivity contribution in [1.82, 2.24) is 10.6 Å². The van der Waals surface area contributed by atoms with Crippen molar-refractivity contribution in [2.45, 2.75) is 19.1 Å². The lowest BCUT2D eigenvalue weighted by atomic mass is 10.3. The molecular weight excluding hydrogens is 216 g/mol. The van der Waals surface area contributed by atoms with Gasteiger partial charge in [0.1, 0.15) is 6.04 Å². The molecule has 0 radical (unpaired) electrons. The summed E-state index contributed by atoms with van der Waals surface area (Å²) in [5.41, 5.74) is 0. The topological polar surface area (TPSA) is 96.9 Å². The molecule has 2 atom stereocenters. The Morgan fingerprint density at radius 3 is 2.81 bits per heavy atom. The number of carbonyl (C=O) groups is 2. The number of nitrogens with one attached hydrogen (secondary N) is 2. The highest BCUT2D eigenvalue weighted by molar-refractivity contribution is 5.82. The minimum Gasteiger partial charge on any atom is -0.480 e. The zero-order valence-electron chi connectivity index (χ0n) is 9.06. The van der Waals surface area contributed by atoms with Crippen molar-refractivity contribution in [1.29, 1.82) is 0 Å². The number of amides is 2. The molecule has 2 unspecified atom stereocenters. The molecule has 1 aliphatic heterocycles. The molecule has 7 heteroatoms. The summed E-state index contributed by atoms with van der Waals surface area (Å²) in [5, 5.41) is 13.4. The fraction of sp³-hybridized carbons (Fsp3) is 0.778. The van der Waals surface area contributed by atoms with Crippen molar-refractivity contribution < 1.29 is 24.2 Å². The van der Waals surface area contributed by atoms with E-state index in [4.69, 9.17) is 14.6 Å². The predicted octanol–water partition coefficient (Wildman–Crippen LogP) is -0.826. The molecule has 0 spiro atoms. The molecule has 1 saturated heterocycles. The van der Waals surface area contributed by atoms with Crippen LogP contribution in [-0.4, -0.2) is 55.6 Å². The number of aliphatic carboxylic acids is 1. The van der Waals surface area contributed by atoms with E-state index in [-0.39, 0.29) is 6.10 Å². The monoisotopic (exact) mass is 232 g/mol. The Morgan fingerprint density at radius 2 is 2.25 bits per heavy atom. The van der Waals surface area contributed by atoms with E-state index in [1.165, 1.54) is 6.92 Å². The fourth-order valence-corrected chi connectivity index (χ4v) is 1.17. The average molecular weight is 232 g/mol. The molecule has 92 valence electrons. The molecule has 1 heterocycles. The third-order valence-electron chi connectivity index (χ3n) is 2.09. The lowest BCUT2D eigenvalue weighted by Gasteiger charge is -2.23. The zero-order valence-corrected chi connectivity index (χ0v) is 9.06. The summed E-state index contributed by atoms with van der Waals surface area (Å²) < 4.78 is 10.4. The van der Waals surface area contributed by atoms with Crippen molar-refractivity contribution in [3.05, 3.63) is 0 Å². The minimum atomic E-state index is -1.08. The predicted molar refractivity (Wildman–Crippen MR) is 54.2 cm³/mol. The summed E-state index contributed by atoms with van der Waals surface area (Å²) in [6, 6.07) is -1.44. The molecule has 16 heavy (non-hydrogen) atoms. The van der Waals surface area contributed by atoms with Crippen molar-refractivity contribution in [3.63, 3.8) is 0 Å². The normalized spacial score (nSPS) is 22.2. The number of hydrogen-bond donors (Lipinski definition) is 3. The van der Waals surface area contributed by atoms with Crippen LogP contribution in [0.4, 0.5) is 4.79 Å². The van der Waals surface area contributed by atoms with Crippen LogP contribution in [0.15, 0.2) is 0 Å². The number of hydrogen-bond acceptors (Lipinski definition) is 4. The minimum absolute atomic E-state index is 0.167. The highest BCUT2D eigenvalue weighted by atomic mass is 16.6. The van der Waals surface area contributed by atoms with Gasteiger partial charge in [-0.2, -0.15) is 0 Å². The van der Waals surface area contributed by atoms with Crippen LogP contribution in [0, 0.1) is 0 Å². The number of rotatable bonds is 4. The number of carboxylic acids is 1. The van der Waals surface area contributed by atoms with E-state index in [9.17, 15) is 9.59 Å². The second-order valence-electron chi connectivity index (χ2n) is 3.48. The first kappa shape index (κ1) is 12.7. The van der Waals surface area contributed by atoms with Gasteiger partial charge in [0.25, 0.3) is 0 Å². The molecule has 0 aromatic rings. The average Bonchev–Trinajstić information content (AvgIpc) is 2.27. The van der Waals surface area contributed by atoms with E-state index >= 15 is 0 Å². The molecule has 0 aliphatic carbocycles. The second-order valence-corrected chi connectivity index (χ2v) is 3.48. The lowest BCUT2D eigenvalue weighted by molar-refractivity contribution is -0.138. The van der Waals surface area contributed by atoms with Crippen LogP contribution in [-0.2, 0) is 14.3 Å². The summed E-state index contributed by atoms with van der Waals surface area (Å²) in [6.07, 6.45) is -0.167. The molecule has 2 amide bonds. The van der Waals surface area contributed by atoms with Gasteiger partial charge in [0.2, 0.25) is 0 Å². The van der Waals surface area contributed by atoms with Crippen LogP contribution in [0.2, 0.25) is 0 Å². The maximum absolute atomic E-state index is 11.2. The maximum atomic E-state index is 11.2. The van der Waals surface area contributed by atoms with Gasteiger partial charge in [-0.25, -0.2) is 4.79 Å². The first-order valence-corrected chi connectivity index (χ1v) is 5.06. The zero-order chi connectivity index (χ0) is 12.0. The van der Waals surface area contributed by atoms with Gasteiger partial charge in [-0.1, -0.05) is 0 Å². The van der Waals surface area contributed by atoms with Crippen LogP contribution in [0.5, 0.6) is 0 Å². The molecule has 0 saturated carbocycles. The Morgan fingerprint density at radius 1 is 1.50 bits per heavy atom. The molecule has 0 aromatic heterocycles. The molecular formula is C9H16N2O5. The number of urea groups is 1. The van der Waals surface area contributed by atoms with Crippen LogP contribution in [0.1, 0.15) is 6.92 Å². The number of ether oxygens (including phenoxy) is 2. The molecule has 3 N–H and O–H groups in total. The molecule has 1 fully saturated rings. The van der Waals surface area contributed by atoms with E-state index in [1.54, 1.807) is 0 Å². The number of carboxylic acid groups (broad SMARTS) is 1. The quantitative estimate of drug-likeness (QED) is 0.588. The van der Waals surface area contributed by atoms with Crippen LogP contribution in [0.3, 0.4) is 0 Å². The summed E-state index contributed by atoms with van der Waals surface area (Å²) in [4.78, 5) is 21.7. The summed E-state index contributed by atoms with van der Waals surface area (Å²) in [5.74, 6) is -1.08. The van der Waals surface area contributed by atoms with Gasteiger partial charge in [0.05, 0.1) is 25.9 Å². The van der Waals surface area contributed by atoms with Crippen LogP contribution < -0.4 is 10.6 Å². The molecule has 0 aromatic carbocycles. The Bertz CT molecular complexity index is 252. The highest BCUT2D eigenvalue weighted by Gasteiger charge is 2.17. The molecule has 1 aliphatic rings. The van der Waals surface area contributed by atoms with E-state index in [0.29, 0.717) is 26.4 Å². The third kappa shape index (κ3) is 4.45. The Balaban J connectivity index is 2.16. The largest absolute Gasteiger partial charge is 0.480 e. The van der Waals surface area contributed by atoms with Crippen molar-refractivity contribution in [3.8, 4) is 0 Å². The standard InChI is InChI=1S/C9H16N2O5/c1-6(8(12)13)11-9(14)10-4-7-5-15-2-3-16-7/h6-7H,2-5H2,1H3,(H,12,13)(H2,10,11,14). The molecule has 0 bridgehead atoms. The van der Waals surface area contributed by atoms with Gasteiger partial charge in [0, 0.05) is 6.54 Å².